The first-order valence-corrected chi connectivity index (χ1v) is 14.8. The fraction of sp³-hybridized carbons (Fsp3) is 0.387. The lowest BCUT2D eigenvalue weighted by Crippen LogP contribution is -2.06. The fourth-order valence-corrected chi connectivity index (χ4v) is 5.59. The van der Waals surface area contributed by atoms with Crippen molar-refractivity contribution in [2.75, 3.05) is 0 Å². The molecule has 36 heavy (non-hydrogen) atoms. The van der Waals surface area contributed by atoms with Crippen LogP contribution in [0.15, 0.2) is 82.8 Å². The van der Waals surface area contributed by atoms with Gasteiger partial charge in [0.05, 0.1) is 0 Å². The van der Waals surface area contributed by atoms with Crippen LogP contribution in [-0.2, 0) is 20.8 Å². The van der Waals surface area contributed by atoms with Crippen molar-refractivity contribution in [1.29, 1.82) is 0 Å². The van der Waals surface area contributed by atoms with Crippen LogP contribution in [0.1, 0.15) is 87.8 Å². The highest BCUT2D eigenvalue weighted by Crippen LogP contribution is 2.36. The van der Waals surface area contributed by atoms with E-state index in [9.17, 15) is 8.42 Å². The van der Waals surface area contributed by atoms with Crippen molar-refractivity contribution in [1.82, 2.24) is 0 Å². The minimum absolute atomic E-state index is 0.123. The quantitative estimate of drug-likeness (QED) is 0.128. The fourth-order valence-electron chi connectivity index (χ4n) is 4.86. The Bertz CT molecular complexity index is 1220. The topological polar surface area (TPSA) is 55.7 Å². The number of benzene rings is 3. The van der Waals surface area contributed by atoms with E-state index in [1.807, 2.05) is 60.7 Å². The van der Waals surface area contributed by atoms with Crippen molar-refractivity contribution in [3.63, 3.8) is 0 Å². The first-order valence-electron chi connectivity index (χ1n) is 13.4. The summed E-state index contributed by atoms with van der Waals surface area (Å²) in [6.45, 7) is 2.25. The number of oxime groups is 1. The van der Waals surface area contributed by atoms with Crippen LogP contribution in [-0.4, -0.2) is 14.1 Å². The van der Waals surface area contributed by atoms with Gasteiger partial charge in [0.15, 0.2) is 0 Å². The third kappa shape index (κ3) is 6.64. The molecule has 0 saturated carbocycles. The van der Waals surface area contributed by atoms with Gasteiger partial charge in [-0.2, -0.15) is 8.42 Å². The van der Waals surface area contributed by atoms with Crippen molar-refractivity contribution in [3.05, 3.63) is 89.5 Å². The molecule has 0 fully saturated rings. The predicted molar refractivity (Wildman–Crippen MR) is 148 cm³/mol. The molecular formula is C31H37NO3S. The minimum atomic E-state index is -4.00. The van der Waals surface area contributed by atoms with E-state index >= 15 is 0 Å². The normalized spacial score (nSPS) is 12.3. The molecular weight excluding hydrogens is 466 g/mol. The standard InChI is InChI=1S/C31H37NO3S/c1-2-3-4-5-6-7-8-9-10-11-16-25-21-23-26(24-22-25)36(33,34)35-32-31-29-19-14-12-17-27(29)28-18-13-15-20-30(28)31/h12-15,17-24H,2-11,16H2,1H3. The first kappa shape index (κ1) is 26.2. The van der Waals surface area contributed by atoms with Crippen molar-refractivity contribution in [2.45, 2.75) is 82.4 Å². The molecule has 4 nitrogen and oxygen atoms in total. The van der Waals surface area contributed by atoms with E-state index in [0.717, 1.165) is 40.7 Å². The Hall–Kier alpha value is -2.92. The Morgan fingerprint density at radius 3 is 1.61 bits per heavy atom. The Morgan fingerprint density at radius 2 is 1.08 bits per heavy atom. The molecule has 1 aliphatic carbocycles. The smallest absolute Gasteiger partial charge is 0.264 e. The molecule has 3 aromatic rings. The van der Waals surface area contributed by atoms with Gasteiger partial charge in [-0.05, 0) is 41.7 Å². The zero-order valence-electron chi connectivity index (χ0n) is 21.3. The number of hydrogen-bond donors (Lipinski definition) is 0. The minimum Gasteiger partial charge on any atom is -0.264 e. The summed E-state index contributed by atoms with van der Waals surface area (Å²) >= 11 is 0. The number of nitrogens with zero attached hydrogens (tertiary/aromatic N) is 1. The van der Waals surface area contributed by atoms with E-state index in [-0.39, 0.29) is 4.90 Å². The molecule has 0 unspecified atom stereocenters. The molecule has 0 amide bonds. The van der Waals surface area contributed by atoms with Crippen LogP contribution < -0.4 is 0 Å². The maximum Gasteiger partial charge on any atom is 0.358 e. The van der Waals surface area contributed by atoms with Crippen molar-refractivity contribution in [2.24, 2.45) is 5.16 Å². The molecule has 0 saturated heterocycles. The Balaban J connectivity index is 1.28. The molecule has 3 aromatic carbocycles. The molecule has 5 heteroatoms. The van der Waals surface area contributed by atoms with Gasteiger partial charge < -0.3 is 0 Å². The summed E-state index contributed by atoms with van der Waals surface area (Å²) in [6, 6.07) is 22.7. The Morgan fingerprint density at radius 1 is 0.611 bits per heavy atom. The number of unbranched alkanes of at least 4 members (excludes halogenated alkanes) is 9. The van der Waals surface area contributed by atoms with Gasteiger partial charge in [-0.15, -0.1) is 0 Å². The molecule has 0 atom stereocenters. The molecule has 0 spiro atoms. The maximum absolute atomic E-state index is 12.8. The highest BCUT2D eigenvalue weighted by Gasteiger charge is 2.26. The highest BCUT2D eigenvalue weighted by atomic mass is 32.2. The summed E-state index contributed by atoms with van der Waals surface area (Å²) < 4.78 is 30.9. The third-order valence-electron chi connectivity index (χ3n) is 6.91. The molecule has 0 radical (unpaired) electrons. The Labute approximate surface area is 216 Å². The summed E-state index contributed by atoms with van der Waals surface area (Å²) in [5.41, 5.74) is 5.51. The number of aryl methyl sites for hydroxylation is 1. The summed E-state index contributed by atoms with van der Waals surface area (Å²) in [5, 5.41) is 4.11. The molecule has 0 heterocycles. The molecule has 0 N–H and O–H groups in total. The van der Waals surface area contributed by atoms with Crippen LogP contribution in [0.3, 0.4) is 0 Å². The van der Waals surface area contributed by atoms with Crippen LogP contribution in [0.5, 0.6) is 0 Å². The highest BCUT2D eigenvalue weighted by molar-refractivity contribution is 7.86. The lowest BCUT2D eigenvalue weighted by Gasteiger charge is -2.06. The molecule has 190 valence electrons. The van der Waals surface area contributed by atoms with E-state index in [4.69, 9.17) is 4.28 Å². The van der Waals surface area contributed by atoms with E-state index in [2.05, 4.69) is 12.1 Å². The summed E-state index contributed by atoms with van der Waals surface area (Å²) in [4.78, 5) is 0.123. The van der Waals surface area contributed by atoms with Gasteiger partial charge in [0, 0.05) is 11.1 Å². The van der Waals surface area contributed by atoms with E-state index < -0.39 is 10.1 Å². The van der Waals surface area contributed by atoms with E-state index in [1.165, 1.54) is 57.8 Å². The van der Waals surface area contributed by atoms with Crippen LogP contribution in [0.25, 0.3) is 11.1 Å². The zero-order valence-corrected chi connectivity index (χ0v) is 22.1. The van der Waals surface area contributed by atoms with Crippen LogP contribution in [0.4, 0.5) is 0 Å². The number of hydrogen-bond acceptors (Lipinski definition) is 4. The van der Waals surface area contributed by atoms with Gasteiger partial charge in [-0.1, -0.05) is 131 Å². The molecule has 0 bridgehead atoms. The number of fused-ring (bicyclic) bond motifs is 3. The van der Waals surface area contributed by atoms with Gasteiger partial charge in [0.25, 0.3) is 0 Å². The van der Waals surface area contributed by atoms with Crippen molar-refractivity contribution < 1.29 is 12.7 Å². The second kappa shape index (κ2) is 12.9. The summed E-state index contributed by atoms with van der Waals surface area (Å²) in [5.74, 6) is 0. The average Bonchev–Trinajstić information content (AvgIpc) is 3.22. The second-order valence-corrected chi connectivity index (χ2v) is 11.2. The van der Waals surface area contributed by atoms with E-state index in [1.54, 1.807) is 12.1 Å². The molecule has 0 aromatic heterocycles. The maximum atomic E-state index is 12.8. The predicted octanol–water partition coefficient (Wildman–Crippen LogP) is 8.29. The van der Waals surface area contributed by atoms with Crippen molar-refractivity contribution >= 4 is 15.8 Å². The summed E-state index contributed by atoms with van der Waals surface area (Å²) in [6.07, 6.45) is 14.0. The largest absolute Gasteiger partial charge is 0.358 e. The van der Waals surface area contributed by atoms with Crippen LogP contribution in [0, 0.1) is 0 Å². The van der Waals surface area contributed by atoms with Gasteiger partial charge in [-0.25, -0.2) is 0 Å². The molecule has 0 aliphatic heterocycles. The van der Waals surface area contributed by atoms with Gasteiger partial charge in [-0.3, -0.25) is 4.28 Å². The lowest BCUT2D eigenvalue weighted by molar-refractivity contribution is 0.339. The Kier molecular flexibility index (Phi) is 9.35. The van der Waals surface area contributed by atoms with Crippen LogP contribution >= 0.6 is 0 Å². The average molecular weight is 504 g/mol. The van der Waals surface area contributed by atoms with E-state index in [0.29, 0.717) is 5.71 Å². The zero-order chi connectivity index (χ0) is 25.2. The lowest BCUT2D eigenvalue weighted by atomic mass is 10.0. The van der Waals surface area contributed by atoms with Gasteiger partial charge in [0.2, 0.25) is 0 Å². The molecule has 4 rings (SSSR count). The van der Waals surface area contributed by atoms with Crippen molar-refractivity contribution in [3.8, 4) is 11.1 Å². The number of rotatable bonds is 14. The molecule has 1 aliphatic rings. The van der Waals surface area contributed by atoms with Gasteiger partial charge in [0.1, 0.15) is 10.6 Å². The third-order valence-corrected chi connectivity index (χ3v) is 8.03. The van der Waals surface area contributed by atoms with Crippen LogP contribution in [0.2, 0.25) is 0 Å². The van der Waals surface area contributed by atoms with Gasteiger partial charge >= 0.3 is 10.1 Å². The SMILES string of the molecule is CCCCCCCCCCCCc1ccc(S(=O)(=O)ON=C2c3ccccc3-c3ccccc32)cc1. The first-order chi connectivity index (χ1) is 17.6. The second-order valence-electron chi connectivity index (χ2n) is 9.64. The summed E-state index contributed by atoms with van der Waals surface area (Å²) in [7, 11) is -4.00. The monoisotopic (exact) mass is 503 g/mol.